The lowest BCUT2D eigenvalue weighted by atomic mass is 10.1. The summed E-state index contributed by atoms with van der Waals surface area (Å²) in [6.45, 7) is 3.41. The van der Waals surface area contributed by atoms with Crippen molar-refractivity contribution in [2.75, 3.05) is 5.32 Å². The number of rotatable bonds is 8. The van der Waals surface area contributed by atoms with Crippen LogP contribution in [0.15, 0.2) is 48.5 Å². The van der Waals surface area contributed by atoms with Crippen molar-refractivity contribution in [3.05, 3.63) is 75.6 Å². The van der Waals surface area contributed by atoms with Gasteiger partial charge in [-0.15, -0.1) is 0 Å². The summed E-state index contributed by atoms with van der Waals surface area (Å²) in [5.41, 5.74) is 0.347. The summed E-state index contributed by atoms with van der Waals surface area (Å²) >= 11 is 0. The zero-order valence-electron chi connectivity index (χ0n) is 19.0. The molecule has 4 rings (SSSR count). The van der Waals surface area contributed by atoms with Gasteiger partial charge in [-0.1, -0.05) is 24.6 Å². The van der Waals surface area contributed by atoms with Crippen LogP contribution in [0.1, 0.15) is 42.6 Å². The van der Waals surface area contributed by atoms with Gasteiger partial charge in [-0.2, -0.15) is 18.3 Å². The number of anilines is 1. The number of benzene rings is 2. The van der Waals surface area contributed by atoms with Gasteiger partial charge in [-0.25, -0.2) is 0 Å². The number of carbonyl (C=O) groups excluding carboxylic acids is 1. The molecule has 1 atom stereocenters. The van der Waals surface area contributed by atoms with E-state index in [0.29, 0.717) is 11.4 Å². The summed E-state index contributed by atoms with van der Waals surface area (Å²) < 4.78 is 46.4. The Hall–Kier alpha value is -3.89. The second kappa shape index (κ2) is 9.40. The molecule has 11 heteroatoms. The van der Waals surface area contributed by atoms with Crippen molar-refractivity contribution in [1.29, 1.82) is 0 Å². The fourth-order valence-corrected chi connectivity index (χ4v) is 3.59. The summed E-state index contributed by atoms with van der Waals surface area (Å²) in [7, 11) is 0. The van der Waals surface area contributed by atoms with Crippen molar-refractivity contribution in [3.8, 4) is 11.5 Å². The molecule has 0 bridgehead atoms. The molecule has 3 aromatic rings. The highest BCUT2D eigenvalue weighted by atomic mass is 19.4. The zero-order chi connectivity index (χ0) is 25.3. The minimum absolute atomic E-state index is 0.00659. The van der Waals surface area contributed by atoms with E-state index >= 15 is 0 Å². The second-order valence-electron chi connectivity index (χ2n) is 8.69. The number of hydrogen-bond acceptors (Lipinski definition) is 5. The summed E-state index contributed by atoms with van der Waals surface area (Å²) in [4.78, 5) is 23.6. The molecule has 1 aliphatic carbocycles. The summed E-state index contributed by atoms with van der Waals surface area (Å²) in [5, 5.41) is 17.7. The second-order valence-corrected chi connectivity index (χ2v) is 8.69. The van der Waals surface area contributed by atoms with Crippen LogP contribution in [0.25, 0.3) is 0 Å². The number of ether oxygens (including phenoxy) is 1. The zero-order valence-corrected chi connectivity index (χ0v) is 19.0. The predicted octanol–water partition coefficient (Wildman–Crippen LogP) is 6.06. The van der Waals surface area contributed by atoms with Gasteiger partial charge >= 0.3 is 6.18 Å². The summed E-state index contributed by atoms with van der Waals surface area (Å²) in [6.07, 6.45) is -3.01. The first-order chi connectivity index (χ1) is 16.5. The van der Waals surface area contributed by atoms with Crippen molar-refractivity contribution in [3.63, 3.8) is 0 Å². The van der Waals surface area contributed by atoms with Crippen LogP contribution in [-0.2, 0) is 17.5 Å². The molecule has 0 saturated heterocycles. The maximum atomic E-state index is 13.1. The number of nitrogens with zero attached hydrogens (tertiary/aromatic N) is 3. The van der Waals surface area contributed by atoms with E-state index in [1.807, 2.05) is 19.1 Å². The molecule has 2 aromatic carbocycles. The van der Waals surface area contributed by atoms with Crippen molar-refractivity contribution in [1.82, 2.24) is 9.78 Å². The maximum absolute atomic E-state index is 13.1. The highest BCUT2D eigenvalue weighted by Gasteiger charge is 2.38. The topological polar surface area (TPSA) is 99.3 Å². The number of hydrogen-bond donors (Lipinski definition) is 1. The highest BCUT2D eigenvalue weighted by molar-refractivity contribution is 5.92. The van der Waals surface area contributed by atoms with Crippen LogP contribution in [0.5, 0.6) is 11.5 Å². The van der Waals surface area contributed by atoms with Gasteiger partial charge in [0.15, 0.2) is 5.69 Å². The minimum Gasteiger partial charge on any atom is -0.457 e. The quantitative estimate of drug-likeness (QED) is 0.307. The number of aromatic nitrogens is 2. The molecule has 1 aliphatic rings. The van der Waals surface area contributed by atoms with E-state index in [1.54, 1.807) is 19.1 Å². The van der Waals surface area contributed by atoms with Crippen molar-refractivity contribution < 1.29 is 27.6 Å². The third kappa shape index (κ3) is 5.97. The third-order valence-corrected chi connectivity index (χ3v) is 5.62. The van der Waals surface area contributed by atoms with E-state index in [1.165, 1.54) is 22.9 Å². The maximum Gasteiger partial charge on any atom is 0.435 e. The number of nitrogens with one attached hydrogen (secondary N) is 1. The molecule has 0 aliphatic heterocycles. The molecule has 1 N–H and O–H groups in total. The largest absolute Gasteiger partial charge is 0.457 e. The third-order valence-electron chi connectivity index (χ3n) is 5.62. The van der Waals surface area contributed by atoms with Crippen LogP contribution in [0.3, 0.4) is 0 Å². The molecule has 35 heavy (non-hydrogen) atoms. The Morgan fingerprint density at radius 1 is 1.20 bits per heavy atom. The van der Waals surface area contributed by atoms with E-state index in [0.717, 1.165) is 24.5 Å². The van der Waals surface area contributed by atoms with Gasteiger partial charge in [-0.3, -0.25) is 19.6 Å². The number of alkyl halides is 3. The lowest BCUT2D eigenvalue weighted by Crippen LogP contribution is -2.25. The normalized spacial score (nSPS) is 14.4. The molecular weight excluding hydrogens is 465 g/mol. The average Bonchev–Trinajstić information content (AvgIpc) is 3.54. The lowest BCUT2D eigenvalue weighted by Gasteiger charge is -2.15. The highest BCUT2D eigenvalue weighted by Crippen LogP contribution is 2.42. The average molecular weight is 488 g/mol. The molecule has 1 saturated carbocycles. The number of amides is 1. The molecule has 1 aromatic heterocycles. The molecule has 1 unspecified atom stereocenters. The lowest BCUT2D eigenvalue weighted by molar-refractivity contribution is -0.384. The Balaban J connectivity index is 1.51. The van der Waals surface area contributed by atoms with Crippen LogP contribution in [0.2, 0.25) is 0 Å². The van der Waals surface area contributed by atoms with Crippen LogP contribution >= 0.6 is 0 Å². The number of nitro groups is 1. The van der Waals surface area contributed by atoms with Crippen LogP contribution in [0.4, 0.5) is 24.5 Å². The Morgan fingerprint density at radius 3 is 2.49 bits per heavy atom. The van der Waals surface area contributed by atoms with Gasteiger partial charge < -0.3 is 10.1 Å². The van der Waals surface area contributed by atoms with Gasteiger partial charge in [-0.05, 0) is 38.0 Å². The minimum atomic E-state index is -4.57. The molecule has 0 radical (unpaired) electrons. The number of non-ortho nitro benzene ring substituents is 1. The Morgan fingerprint density at radius 2 is 1.89 bits per heavy atom. The van der Waals surface area contributed by atoms with Crippen LogP contribution in [-0.4, -0.2) is 20.6 Å². The van der Waals surface area contributed by atoms with E-state index in [9.17, 15) is 28.1 Å². The first-order valence-electron chi connectivity index (χ1n) is 11.0. The molecule has 184 valence electrons. The predicted molar refractivity (Wildman–Crippen MR) is 121 cm³/mol. The molecule has 1 heterocycles. The number of nitro benzene ring substituents is 1. The fourth-order valence-electron chi connectivity index (χ4n) is 3.59. The van der Waals surface area contributed by atoms with Crippen LogP contribution < -0.4 is 10.1 Å². The monoisotopic (exact) mass is 488 g/mol. The van der Waals surface area contributed by atoms with Gasteiger partial charge in [0.2, 0.25) is 5.91 Å². The number of halogens is 3. The van der Waals surface area contributed by atoms with E-state index < -0.39 is 28.6 Å². The van der Waals surface area contributed by atoms with Crippen molar-refractivity contribution in [2.24, 2.45) is 5.92 Å². The molecule has 1 amide bonds. The number of aryl methyl sites for hydroxylation is 1. The Kier molecular flexibility index (Phi) is 6.51. The fraction of sp³-hybridized carbons (Fsp3) is 0.333. The summed E-state index contributed by atoms with van der Waals surface area (Å²) in [5.74, 6) is -0.642. The first-order valence-corrected chi connectivity index (χ1v) is 11.0. The van der Waals surface area contributed by atoms with Crippen molar-refractivity contribution in [2.45, 2.75) is 45.3 Å². The van der Waals surface area contributed by atoms with E-state index in [-0.39, 0.29) is 29.6 Å². The van der Waals surface area contributed by atoms with Gasteiger partial charge in [0, 0.05) is 23.7 Å². The first kappa shape index (κ1) is 24.2. The van der Waals surface area contributed by atoms with Crippen molar-refractivity contribution >= 4 is 17.3 Å². The van der Waals surface area contributed by atoms with E-state index in [2.05, 4.69) is 10.4 Å². The van der Waals surface area contributed by atoms with E-state index in [4.69, 9.17) is 4.74 Å². The molecule has 1 fully saturated rings. The Bertz CT molecular complexity index is 1250. The summed E-state index contributed by atoms with van der Waals surface area (Å²) in [6, 6.07) is 12.0. The van der Waals surface area contributed by atoms with Gasteiger partial charge in [0.05, 0.1) is 29.1 Å². The molecule has 8 nitrogen and oxygen atoms in total. The van der Waals surface area contributed by atoms with Gasteiger partial charge in [0.25, 0.3) is 5.69 Å². The molecular formula is C24H23F3N4O4. The smallest absolute Gasteiger partial charge is 0.435 e. The van der Waals surface area contributed by atoms with Crippen LogP contribution in [0, 0.1) is 23.0 Å². The number of carbonyl (C=O) groups is 1. The van der Waals surface area contributed by atoms with Gasteiger partial charge in [0.1, 0.15) is 11.5 Å². The standard InChI is InChI=1S/C24H23F3N4O4/c1-14-3-7-19(8-4-14)35-20-10-17(9-18(11-20)31(33)34)28-23(32)15(2)13-30-21(16-5-6-16)12-22(29-30)24(25,26)27/h3-4,7-12,15-16H,5-6,13H2,1-2H3,(H,28,32). The Labute approximate surface area is 198 Å². The SMILES string of the molecule is Cc1ccc(Oc2cc(NC(=O)C(C)Cn3nc(C(F)(F)F)cc3C3CC3)cc([N+](=O)[O-])c2)cc1. The molecule has 0 spiro atoms.